The highest BCUT2D eigenvalue weighted by atomic mass is 16.6. The van der Waals surface area contributed by atoms with E-state index in [-0.39, 0.29) is 6.61 Å². The van der Waals surface area contributed by atoms with E-state index >= 15 is 0 Å². The average molecular weight is 322 g/mol. The topological polar surface area (TPSA) is 84.9 Å². The van der Waals surface area contributed by atoms with Gasteiger partial charge in [-0.25, -0.2) is 14.5 Å². The number of carbonyl (C=O) groups excluding carboxylic acids is 3. The number of rotatable bonds is 4. The standard InChI is InChI=1S/C16H22N2O5/c1-16(2,3)23-15(21)18(14(20)17-4)10-13(19)22-11-12-8-6-5-7-9-12/h5-9H,10-11H2,1-4H3,(H,17,20). The maximum absolute atomic E-state index is 12.0. The van der Waals surface area contributed by atoms with Crippen molar-refractivity contribution in [3.8, 4) is 0 Å². The molecule has 1 aromatic carbocycles. The number of amides is 3. The fraction of sp³-hybridized carbons (Fsp3) is 0.438. The van der Waals surface area contributed by atoms with Crippen molar-refractivity contribution in [3.63, 3.8) is 0 Å². The zero-order valence-corrected chi connectivity index (χ0v) is 13.8. The quantitative estimate of drug-likeness (QED) is 0.860. The molecule has 0 saturated heterocycles. The smallest absolute Gasteiger partial charge is 0.419 e. The van der Waals surface area contributed by atoms with Gasteiger partial charge in [0.1, 0.15) is 18.8 Å². The van der Waals surface area contributed by atoms with E-state index in [4.69, 9.17) is 9.47 Å². The molecule has 0 radical (unpaired) electrons. The van der Waals surface area contributed by atoms with Crippen molar-refractivity contribution in [2.45, 2.75) is 33.0 Å². The molecule has 7 nitrogen and oxygen atoms in total. The fourth-order valence-corrected chi connectivity index (χ4v) is 1.58. The highest BCUT2D eigenvalue weighted by Gasteiger charge is 2.29. The van der Waals surface area contributed by atoms with Crippen LogP contribution in [0.25, 0.3) is 0 Å². The van der Waals surface area contributed by atoms with Crippen molar-refractivity contribution < 1.29 is 23.9 Å². The Bertz CT molecular complexity index is 551. The predicted molar refractivity (Wildman–Crippen MR) is 83.6 cm³/mol. The van der Waals surface area contributed by atoms with E-state index in [1.54, 1.807) is 32.9 Å². The summed E-state index contributed by atoms with van der Waals surface area (Å²) < 4.78 is 10.2. The molecule has 1 aromatic rings. The van der Waals surface area contributed by atoms with Crippen molar-refractivity contribution in [2.24, 2.45) is 0 Å². The lowest BCUT2D eigenvalue weighted by molar-refractivity contribution is -0.145. The lowest BCUT2D eigenvalue weighted by Crippen LogP contribution is -2.47. The SMILES string of the molecule is CNC(=O)N(CC(=O)OCc1ccccc1)C(=O)OC(C)(C)C. The summed E-state index contributed by atoms with van der Waals surface area (Å²) in [5.74, 6) is -0.705. The van der Waals surface area contributed by atoms with Crippen molar-refractivity contribution in [2.75, 3.05) is 13.6 Å². The van der Waals surface area contributed by atoms with Gasteiger partial charge in [0.15, 0.2) is 0 Å². The molecule has 1 rings (SSSR count). The fourth-order valence-electron chi connectivity index (χ4n) is 1.58. The summed E-state index contributed by atoms with van der Waals surface area (Å²) in [6.07, 6.45) is -0.909. The summed E-state index contributed by atoms with van der Waals surface area (Å²) in [4.78, 5) is 36.3. The van der Waals surface area contributed by atoms with Crippen LogP contribution in [0.3, 0.4) is 0 Å². The Balaban J connectivity index is 2.64. The van der Waals surface area contributed by atoms with Gasteiger partial charge in [-0.05, 0) is 26.3 Å². The van der Waals surface area contributed by atoms with Crippen LogP contribution in [0.1, 0.15) is 26.3 Å². The van der Waals surface area contributed by atoms with Crippen LogP contribution in [0.15, 0.2) is 30.3 Å². The Morgan fingerprint density at radius 1 is 1.13 bits per heavy atom. The molecule has 0 aliphatic carbocycles. The first-order chi connectivity index (χ1) is 10.7. The Morgan fingerprint density at radius 3 is 2.26 bits per heavy atom. The number of nitrogens with zero attached hydrogens (tertiary/aromatic N) is 1. The van der Waals surface area contributed by atoms with Crippen LogP contribution in [0, 0.1) is 0 Å². The molecule has 0 fully saturated rings. The Kier molecular flexibility index (Phi) is 6.56. The van der Waals surface area contributed by atoms with Gasteiger partial charge in [-0.2, -0.15) is 0 Å². The average Bonchev–Trinajstić information content (AvgIpc) is 2.49. The van der Waals surface area contributed by atoms with Crippen LogP contribution in [0.4, 0.5) is 9.59 Å². The number of urea groups is 1. The van der Waals surface area contributed by atoms with Gasteiger partial charge in [0.2, 0.25) is 0 Å². The predicted octanol–water partition coefficient (Wildman–Crippen LogP) is 2.31. The van der Waals surface area contributed by atoms with E-state index in [0.717, 1.165) is 5.56 Å². The third-order valence-electron chi connectivity index (χ3n) is 2.60. The Hall–Kier alpha value is -2.57. The number of nitrogens with one attached hydrogen (secondary N) is 1. The monoisotopic (exact) mass is 322 g/mol. The molecule has 0 spiro atoms. The molecule has 0 aromatic heterocycles. The normalized spacial score (nSPS) is 10.6. The summed E-state index contributed by atoms with van der Waals surface area (Å²) >= 11 is 0. The first kappa shape index (κ1) is 18.5. The van der Waals surface area contributed by atoms with Gasteiger partial charge in [0.05, 0.1) is 0 Å². The summed E-state index contributed by atoms with van der Waals surface area (Å²) in [5.41, 5.74) is 0.0294. The van der Waals surface area contributed by atoms with Gasteiger partial charge >= 0.3 is 18.1 Å². The molecule has 0 atom stereocenters. The van der Waals surface area contributed by atoms with Crippen LogP contribution in [-0.2, 0) is 20.9 Å². The third kappa shape index (κ3) is 6.82. The number of esters is 1. The Morgan fingerprint density at radius 2 is 1.74 bits per heavy atom. The van der Waals surface area contributed by atoms with Crippen molar-refractivity contribution in [1.82, 2.24) is 10.2 Å². The van der Waals surface area contributed by atoms with Crippen molar-refractivity contribution in [1.29, 1.82) is 0 Å². The number of hydrogen-bond acceptors (Lipinski definition) is 5. The minimum Gasteiger partial charge on any atom is -0.459 e. The molecule has 0 bridgehead atoms. The molecule has 126 valence electrons. The maximum Gasteiger partial charge on any atom is 0.419 e. The highest BCUT2D eigenvalue weighted by molar-refractivity contribution is 5.94. The number of carbonyl (C=O) groups is 3. The molecular formula is C16H22N2O5. The minimum absolute atomic E-state index is 0.0651. The number of imide groups is 1. The van der Waals surface area contributed by atoms with Gasteiger partial charge in [-0.1, -0.05) is 30.3 Å². The summed E-state index contributed by atoms with van der Waals surface area (Å²) in [5, 5.41) is 2.29. The van der Waals surface area contributed by atoms with Gasteiger partial charge in [-0.3, -0.25) is 4.79 Å². The van der Waals surface area contributed by atoms with Crippen LogP contribution < -0.4 is 5.32 Å². The number of ether oxygens (including phenoxy) is 2. The highest BCUT2D eigenvalue weighted by Crippen LogP contribution is 2.10. The molecule has 0 unspecified atom stereocenters. The molecule has 3 amide bonds. The van der Waals surface area contributed by atoms with Gasteiger partial charge in [-0.15, -0.1) is 0 Å². The van der Waals surface area contributed by atoms with E-state index in [9.17, 15) is 14.4 Å². The van der Waals surface area contributed by atoms with E-state index < -0.39 is 30.2 Å². The molecule has 1 N–H and O–H groups in total. The second kappa shape index (κ2) is 8.17. The van der Waals surface area contributed by atoms with Gasteiger partial charge in [0.25, 0.3) is 0 Å². The van der Waals surface area contributed by atoms with E-state index in [1.165, 1.54) is 7.05 Å². The number of hydrogen-bond donors (Lipinski definition) is 1. The van der Waals surface area contributed by atoms with E-state index in [2.05, 4.69) is 5.32 Å². The van der Waals surface area contributed by atoms with E-state index in [0.29, 0.717) is 4.90 Å². The zero-order valence-electron chi connectivity index (χ0n) is 13.8. The second-order valence-corrected chi connectivity index (χ2v) is 5.77. The minimum atomic E-state index is -0.909. The molecule has 0 aliphatic heterocycles. The molecular weight excluding hydrogens is 300 g/mol. The second-order valence-electron chi connectivity index (χ2n) is 5.77. The lowest BCUT2D eigenvalue weighted by Gasteiger charge is -2.25. The molecule has 0 saturated carbocycles. The first-order valence-corrected chi connectivity index (χ1v) is 7.14. The molecule has 7 heteroatoms. The van der Waals surface area contributed by atoms with Crippen LogP contribution in [0.2, 0.25) is 0 Å². The summed E-state index contributed by atoms with van der Waals surface area (Å²) in [6.45, 7) is 4.54. The van der Waals surface area contributed by atoms with Crippen molar-refractivity contribution in [3.05, 3.63) is 35.9 Å². The summed E-state index contributed by atoms with van der Waals surface area (Å²) in [7, 11) is 1.36. The van der Waals surface area contributed by atoms with Crippen LogP contribution in [0.5, 0.6) is 0 Å². The van der Waals surface area contributed by atoms with Crippen LogP contribution in [-0.4, -0.2) is 42.2 Å². The first-order valence-electron chi connectivity index (χ1n) is 7.14. The largest absolute Gasteiger partial charge is 0.459 e. The number of benzene rings is 1. The van der Waals surface area contributed by atoms with E-state index in [1.807, 2.05) is 18.2 Å². The van der Waals surface area contributed by atoms with Gasteiger partial charge < -0.3 is 14.8 Å². The summed E-state index contributed by atoms with van der Waals surface area (Å²) in [6, 6.07) is 8.36. The Labute approximate surface area is 135 Å². The van der Waals surface area contributed by atoms with Crippen molar-refractivity contribution >= 4 is 18.1 Å². The molecule has 0 heterocycles. The molecule has 0 aliphatic rings. The van der Waals surface area contributed by atoms with Gasteiger partial charge in [0, 0.05) is 7.05 Å². The lowest BCUT2D eigenvalue weighted by atomic mass is 10.2. The third-order valence-corrected chi connectivity index (χ3v) is 2.60. The van der Waals surface area contributed by atoms with Crippen LogP contribution >= 0.6 is 0 Å². The molecule has 23 heavy (non-hydrogen) atoms. The zero-order chi connectivity index (χ0) is 17.5. The maximum atomic E-state index is 12.0.